The number of nitrogens with zero attached hydrogens (tertiary/aromatic N) is 2. The minimum atomic E-state index is -0.536. The normalized spacial score (nSPS) is 13.4. The third kappa shape index (κ3) is 1.44. The lowest BCUT2D eigenvalue weighted by molar-refractivity contribution is 0.186. The van der Waals surface area contributed by atoms with Crippen molar-refractivity contribution in [2.24, 2.45) is 7.05 Å². The maximum absolute atomic E-state index is 9.48. The fourth-order valence-corrected chi connectivity index (χ4v) is 1.91. The van der Waals surface area contributed by atoms with Gasteiger partial charge < -0.3 is 9.67 Å². The molecule has 0 saturated carbocycles. The van der Waals surface area contributed by atoms with Gasteiger partial charge in [-0.2, -0.15) is 0 Å². The molecule has 0 aliphatic heterocycles. The summed E-state index contributed by atoms with van der Waals surface area (Å²) >= 11 is 3.39. The molecular weight excluding hydrogens is 244 g/mol. The zero-order valence-electron chi connectivity index (χ0n) is 8.03. The maximum Gasteiger partial charge on any atom is 0.138 e. The predicted octanol–water partition coefficient (Wildman–Crippen LogP) is 2.39. The molecule has 74 valence electrons. The molecule has 0 saturated heterocycles. The van der Waals surface area contributed by atoms with Crippen LogP contribution in [0.15, 0.2) is 22.7 Å². The third-order valence-corrected chi connectivity index (χ3v) is 2.74. The van der Waals surface area contributed by atoms with Crippen molar-refractivity contribution in [1.29, 1.82) is 0 Å². The van der Waals surface area contributed by atoms with Gasteiger partial charge in [0.15, 0.2) is 0 Å². The first kappa shape index (κ1) is 9.68. The van der Waals surface area contributed by atoms with Gasteiger partial charge in [0.2, 0.25) is 0 Å². The van der Waals surface area contributed by atoms with Crippen LogP contribution >= 0.6 is 15.9 Å². The summed E-state index contributed by atoms with van der Waals surface area (Å²) in [6.07, 6.45) is -0.536. The lowest BCUT2D eigenvalue weighted by Gasteiger charge is -2.03. The van der Waals surface area contributed by atoms with Crippen LogP contribution in [0.25, 0.3) is 11.0 Å². The van der Waals surface area contributed by atoms with Crippen molar-refractivity contribution >= 4 is 27.0 Å². The van der Waals surface area contributed by atoms with E-state index >= 15 is 0 Å². The zero-order valence-corrected chi connectivity index (χ0v) is 9.62. The summed E-state index contributed by atoms with van der Waals surface area (Å²) in [6.45, 7) is 1.72. The van der Waals surface area contributed by atoms with Gasteiger partial charge in [0, 0.05) is 11.5 Å². The Morgan fingerprint density at radius 2 is 2.21 bits per heavy atom. The molecule has 1 N–H and O–H groups in total. The molecule has 2 aromatic rings. The summed E-state index contributed by atoms with van der Waals surface area (Å²) in [4.78, 5) is 4.36. The molecule has 1 heterocycles. The third-order valence-electron chi connectivity index (χ3n) is 2.25. The molecule has 0 fully saturated rings. The average molecular weight is 255 g/mol. The number of hydrogen-bond acceptors (Lipinski definition) is 2. The zero-order chi connectivity index (χ0) is 10.3. The van der Waals surface area contributed by atoms with Crippen LogP contribution < -0.4 is 0 Å². The average Bonchev–Trinajstić information content (AvgIpc) is 2.43. The van der Waals surface area contributed by atoms with Gasteiger partial charge in [-0.3, -0.25) is 0 Å². The van der Waals surface area contributed by atoms with Gasteiger partial charge >= 0.3 is 0 Å². The highest BCUT2D eigenvalue weighted by molar-refractivity contribution is 9.10. The van der Waals surface area contributed by atoms with E-state index in [9.17, 15) is 5.11 Å². The van der Waals surface area contributed by atoms with Crippen molar-refractivity contribution in [2.75, 3.05) is 0 Å². The van der Waals surface area contributed by atoms with E-state index in [-0.39, 0.29) is 0 Å². The Labute approximate surface area is 90.5 Å². The number of imidazole rings is 1. The predicted molar refractivity (Wildman–Crippen MR) is 59.0 cm³/mol. The molecule has 3 nitrogen and oxygen atoms in total. The van der Waals surface area contributed by atoms with E-state index in [4.69, 9.17) is 0 Å². The highest BCUT2D eigenvalue weighted by atomic mass is 79.9. The van der Waals surface area contributed by atoms with Crippen molar-refractivity contribution in [3.05, 3.63) is 28.5 Å². The number of benzene rings is 1. The second kappa shape index (κ2) is 3.37. The Morgan fingerprint density at radius 3 is 2.86 bits per heavy atom. The summed E-state index contributed by atoms with van der Waals surface area (Å²) in [5.74, 6) is 0.693. The van der Waals surface area contributed by atoms with E-state index in [1.54, 1.807) is 6.92 Å². The van der Waals surface area contributed by atoms with Crippen LogP contribution in [-0.2, 0) is 7.05 Å². The molecule has 0 aliphatic rings. The highest BCUT2D eigenvalue weighted by Gasteiger charge is 2.11. The monoisotopic (exact) mass is 254 g/mol. The first-order chi connectivity index (χ1) is 6.59. The molecule has 0 aliphatic carbocycles. The minimum Gasteiger partial charge on any atom is -0.385 e. The van der Waals surface area contributed by atoms with E-state index in [0.29, 0.717) is 5.82 Å². The molecule has 14 heavy (non-hydrogen) atoms. The Balaban J connectivity index is 2.73. The van der Waals surface area contributed by atoms with Crippen LogP contribution in [0.1, 0.15) is 18.9 Å². The number of aromatic nitrogens is 2. The first-order valence-electron chi connectivity index (χ1n) is 4.39. The minimum absolute atomic E-state index is 0.536. The van der Waals surface area contributed by atoms with E-state index < -0.39 is 6.10 Å². The van der Waals surface area contributed by atoms with Crippen LogP contribution in [-0.4, -0.2) is 14.7 Å². The first-order valence-corrected chi connectivity index (χ1v) is 5.19. The van der Waals surface area contributed by atoms with E-state index in [1.807, 2.05) is 29.8 Å². The second-order valence-corrected chi connectivity index (χ2v) is 4.25. The van der Waals surface area contributed by atoms with Gasteiger partial charge in [-0.1, -0.05) is 15.9 Å². The fraction of sp³-hybridized carbons (Fsp3) is 0.300. The van der Waals surface area contributed by atoms with Gasteiger partial charge in [-0.25, -0.2) is 4.98 Å². The largest absolute Gasteiger partial charge is 0.385 e. The number of rotatable bonds is 1. The van der Waals surface area contributed by atoms with Crippen LogP contribution in [0, 0.1) is 0 Å². The molecule has 1 atom stereocenters. The summed E-state index contributed by atoms with van der Waals surface area (Å²) in [5.41, 5.74) is 1.93. The summed E-state index contributed by atoms with van der Waals surface area (Å²) < 4.78 is 2.91. The van der Waals surface area contributed by atoms with Gasteiger partial charge in [-0.15, -0.1) is 0 Å². The molecule has 0 unspecified atom stereocenters. The molecule has 0 radical (unpaired) electrons. The summed E-state index contributed by atoms with van der Waals surface area (Å²) in [5, 5.41) is 9.48. The Morgan fingerprint density at radius 1 is 1.50 bits per heavy atom. The van der Waals surface area contributed by atoms with Crippen LogP contribution in [0.4, 0.5) is 0 Å². The number of aliphatic hydroxyl groups excluding tert-OH is 1. The molecule has 0 amide bonds. The standard InChI is InChI=1S/C10H11BrN2O/c1-6(14)10-12-8-5-7(11)3-4-9(8)13(10)2/h3-6,14H,1-2H3/t6-/m1/s1. The molecule has 0 spiro atoms. The quantitative estimate of drug-likeness (QED) is 0.849. The van der Waals surface area contributed by atoms with E-state index in [2.05, 4.69) is 20.9 Å². The molecule has 1 aromatic carbocycles. The highest BCUT2D eigenvalue weighted by Crippen LogP contribution is 2.22. The number of hydrogen-bond donors (Lipinski definition) is 1. The van der Waals surface area contributed by atoms with E-state index in [1.165, 1.54) is 0 Å². The molecular formula is C10H11BrN2O. The summed E-state index contributed by atoms with van der Waals surface area (Å²) in [6, 6.07) is 5.90. The van der Waals surface area contributed by atoms with Crippen molar-refractivity contribution in [1.82, 2.24) is 9.55 Å². The number of halogens is 1. The second-order valence-electron chi connectivity index (χ2n) is 3.34. The molecule has 2 rings (SSSR count). The van der Waals surface area contributed by atoms with Crippen LogP contribution in [0.5, 0.6) is 0 Å². The molecule has 0 bridgehead atoms. The SMILES string of the molecule is C[C@@H](O)c1nc2cc(Br)ccc2n1C. The van der Waals surface area contributed by atoms with Crippen molar-refractivity contribution < 1.29 is 5.11 Å². The smallest absolute Gasteiger partial charge is 0.138 e. The Bertz CT molecular complexity index is 476. The summed E-state index contributed by atoms with van der Waals surface area (Å²) in [7, 11) is 1.91. The number of aliphatic hydroxyl groups is 1. The van der Waals surface area contributed by atoms with Gasteiger partial charge in [-0.05, 0) is 25.1 Å². The lowest BCUT2D eigenvalue weighted by Crippen LogP contribution is -2.01. The van der Waals surface area contributed by atoms with Crippen LogP contribution in [0.3, 0.4) is 0 Å². The van der Waals surface area contributed by atoms with E-state index in [0.717, 1.165) is 15.5 Å². The topological polar surface area (TPSA) is 38.1 Å². The van der Waals surface area contributed by atoms with Crippen molar-refractivity contribution in [3.8, 4) is 0 Å². The molecule has 4 heteroatoms. The number of aryl methyl sites for hydroxylation is 1. The lowest BCUT2D eigenvalue weighted by atomic mass is 10.3. The Kier molecular flexibility index (Phi) is 2.33. The fourth-order valence-electron chi connectivity index (χ4n) is 1.57. The van der Waals surface area contributed by atoms with Gasteiger partial charge in [0.05, 0.1) is 11.0 Å². The Hall–Kier alpha value is -0.870. The van der Waals surface area contributed by atoms with Crippen molar-refractivity contribution in [3.63, 3.8) is 0 Å². The maximum atomic E-state index is 9.48. The van der Waals surface area contributed by atoms with Gasteiger partial charge in [0.25, 0.3) is 0 Å². The number of fused-ring (bicyclic) bond motifs is 1. The molecule has 1 aromatic heterocycles. The van der Waals surface area contributed by atoms with Crippen LogP contribution in [0.2, 0.25) is 0 Å². The van der Waals surface area contributed by atoms with Gasteiger partial charge in [0.1, 0.15) is 11.9 Å². The van der Waals surface area contributed by atoms with Crippen molar-refractivity contribution in [2.45, 2.75) is 13.0 Å².